The number of hydrogen-bond acceptors (Lipinski definition) is 3. The van der Waals surface area contributed by atoms with E-state index in [1.165, 1.54) is 0 Å². The monoisotopic (exact) mass is 280 g/mol. The van der Waals surface area contributed by atoms with Gasteiger partial charge in [0.2, 0.25) is 0 Å². The van der Waals surface area contributed by atoms with Crippen molar-refractivity contribution in [3.63, 3.8) is 0 Å². The Kier molecular flexibility index (Phi) is 3.49. The van der Waals surface area contributed by atoms with Gasteiger partial charge in [0.25, 0.3) is 5.91 Å². The van der Waals surface area contributed by atoms with Crippen molar-refractivity contribution in [2.75, 3.05) is 13.1 Å². The predicted molar refractivity (Wildman–Crippen MR) is 79.9 cm³/mol. The SMILES string of the molecule is N#CC1CCCN(C(=O)c2ccc3ccccc3c2O)C1. The van der Waals surface area contributed by atoms with Crippen molar-refractivity contribution in [1.82, 2.24) is 4.90 Å². The molecule has 1 aliphatic rings. The van der Waals surface area contributed by atoms with E-state index >= 15 is 0 Å². The van der Waals surface area contributed by atoms with Crippen LogP contribution in [0.15, 0.2) is 36.4 Å². The van der Waals surface area contributed by atoms with Crippen LogP contribution in [-0.4, -0.2) is 29.0 Å². The second-order valence-corrected chi connectivity index (χ2v) is 5.40. The minimum atomic E-state index is -0.196. The molecule has 0 radical (unpaired) electrons. The Morgan fingerprint density at radius 2 is 2.10 bits per heavy atom. The highest BCUT2D eigenvalue weighted by molar-refractivity contribution is 6.03. The molecule has 1 atom stereocenters. The Morgan fingerprint density at radius 1 is 1.29 bits per heavy atom. The molecule has 1 saturated heterocycles. The molecule has 1 N–H and O–H groups in total. The molecule has 106 valence electrons. The maximum Gasteiger partial charge on any atom is 0.257 e. The molecule has 0 aromatic heterocycles. The summed E-state index contributed by atoms with van der Waals surface area (Å²) in [5, 5.41) is 21.0. The molecular weight excluding hydrogens is 264 g/mol. The van der Waals surface area contributed by atoms with E-state index < -0.39 is 0 Å². The van der Waals surface area contributed by atoms with Crippen molar-refractivity contribution in [3.8, 4) is 11.8 Å². The van der Waals surface area contributed by atoms with Crippen LogP contribution in [0.3, 0.4) is 0 Å². The summed E-state index contributed by atoms with van der Waals surface area (Å²) in [7, 11) is 0. The van der Waals surface area contributed by atoms with Crippen molar-refractivity contribution in [2.24, 2.45) is 5.92 Å². The van der Waals surface area contributed by atoms with E-state index in [2.05, 4.69) is 6.07 Å². The number of hydrogen-bond donors (Lipinski definition) is 1. The molecule has 1 fully saturated rings. The third kappa shape index (κ3) is 2.43. The molecule has 0 saturated carbocycles. The van der Waals surface area contributed by atoms with Gasteiger partial charge in [-0.3, -0.25) is 4.79 Å². The Morgan fingerprint density at radius 3 is 2.90 bits per heavy atom. The molecule has 1 unspecified atom stereocenters. The second kappa shape index (κ2) is 5.45. The summed E-state index contributed by atoms with van der Waals surface area (Å²) in [6, 6.07) is 13.2. The van der Waals surface area contributed by atoms with Crippen LogP contribution in [0.25, 0.3) is 10.8 Å². The predicted octanol–water partition coefficient (Wildman–Crippen LogP) is 2.92. The number of phenolic OH excluding ortho intramolecular Hbond substituents is 1. The zero-order valence-electron chi connectivity index (χ0n) is 11.6. The number of nitriles is 1. The number of amides is 1. The van der Waals surface area contributed by atoms with Crippen LogP contribution in [-0.2, 0) is 0 Å². The number of phenols is 1. The minimum Gasteiger partial charge on any atom is -0.506 e. The molecule has 4 heteroatoms. The standard InChI is InChI=1S/C17H16N2O2/c18-10-12-4-3-9-19(11-12)17(21)15-8-7-13-5-1-2-6-14(13)16(15)20/h1-2,5-8,12,20H,3-4,9,11H2. The fourth-order valence-corrected chi connectivity index (χ4v) is 2.87. The molecule has 21 heavy (non-hydrogen) atoms. The molecule has 0 spiro atoms. The maximum atomic E-state index is 12.6. The molecule has 1 heterocycles. The lowest BCUT2D eigenvalue weighted by Crippen LogP contribution is -2.39. The van der Waals surface area contributed by atoms with E-state index in [9.17, 15) is 9.90 Å². The summed E-state index contributed by atoms with van der Waals surface area (Å²) in [4.78, 5) is 14.3. The van der Waals surface area contributed by atoms with Crippen molar-refractivity contribution in [3.05, 3.63) is 42.0 Å². The third-order valence-corrected chi connectivity index (χ3v) is 4.02. The summed E-state index contributed by atoms with van der Waals surface area (Å²) in [6.07, 6.45) is 1.67. The first-order valence-corrected chi connectivity index (χ1v) is 7.10. The van der Waals surface area contributed by atoms with E-state index in [0.717, 1.165) is 18.2 Å². The number of benzene rings is 2. The van der Waals surface area contributed by atoms with Gasteiger partial charge in [-0.2, -0.15) is 5.26 Å². The Balaban J connectivity index is 1.95. The highest BCUT2D eigenvalue weighted by atomic mass is 16.3. The van der Waals surface area contributed by atoms with Crippen molar-refractivity contribution in [2.45, 2.75) is 12.8 Å². The van der Waals surface area contributed by atoms with Crippen LogP contribution in [0.1, 0.15) is 23.2 Å². The molecule has 1 aliphatic heterocycles. The van der Waals surface area contributed by atoms with Crippen LogP contribution >= 0.6 is 0 Å². The first-order valence-electron chi connectivity index (χ1n) is 7.10. The number of fused-ring (bicyclic) bond motifs is 1. The summed E-state index contributed by atoms with van der Waals surface area (Å²) >= 11 is 0. The van der Waals surface area contributed by atoms with Crippen LogP contribution in [0.2, 0.25) is 0 Å². The number of nitrogens with zero attached hydrogens (tertiary/aromatic N) is 2. The van der Waals surface area contributed by atoms with Gasteiger partial charge in [0.05, 0.1) is 17.6 Å². The number of carbonyl (C=O) groups excluding carboxylic acids is 1. The average molecular weight is 280 g/mol. The van der Waals surface area contributed by atoms with Gasteiger partial charge in [-0.05, 0) is 24.3 Å². The van der Waals surface area contributed by atoms with Crippen molar-refractivity contribution >= 4 is 16.7 Å². The summed E-state index contributed by atoms with van der Waals surface area (Å²) in [5.74, 6) is -0.277. The first kappa shape index (κ1) is 13.4. The van der Waals surface area contributed by atoms with Crippen molar-refractivity contribution < 1.29 is 9.90 Å². The summed E-state index contributed by atoms with van der Waals surface area (Å²) in [6.45, 7) is 1.09. The molecule has 0 bridgehead atoms. The number of carbonyl (C=O) groups is 1. The number of aromatic hydroxyl groups is 1. The van der Waals surface area contributed by atoms with E-state index in [0.29, 0.717) is 24.0 Å². The molecular formula is C17H16N2O2. The quantitative estimate of drug-likeness (QED) is 0.873. The second-order valence-electron chi connectivity index (χ2n) is 5.40. The number of piperidine rings is 1. The normalized spacial score (nSPS) is 18.4. The zero-order valence-corrected chi connectivity index (χ0v) is 11.6. The van der Waals surface area contributed by atoms with Gasteiger partial charge in [0, 0.05) is 18.5 Å². The first-order chi connectivity index (χ1) is 10.2. The number of likely N-dealkylation sites (tertiary alicyclic amines) is 1. The molecule has 2 aromatic rings. The number of rotatable bonds is 1. The fourth-order valence-electron chi connectivity index (χ4n) is 2.87. The summed E-state index contributed by atoms with van der Waals surface area (Å²) in [5.41, 5.74) is 0.312. The third-order valence-electron chi connectivity index (χ3n) is 4.02. The van der Waals surface area contributed by atoms with Gasteiger partial charge in [-0.15, -0.1) is 0 Å². The highest BCUT2D eigenvalue weighted by Gasteiger charge is 2.26. The molecule has 0 aliphatic carbocycles. The lowest BCUT2D eigenvalue weighted by Gasteiger charge is -2.29. The van der Waals surface area contributed by atoms with Crippen LogP contribution in [0, 0.1) is 17.2 Å². The largest absolute Gasteiger partial charge is 0.506 e. The maximum absolute atomic E-state index is 12.6. The van der Waals surface area contributed by atoms with E-state index in [1.807, 2.05) is 24.3 Å². The van der Waals surface area contributed by atoms with Gasteiger partial charge >= 0.3 is 0 Å². The van der Waals surface area contributed by atoms with Gasteiger partial charge in [0.15, 0.2) is 0 Å². The topological polar surface area (TPSA) is 64.3 Å². The van der Waals surface area contributed by atoms with Crippen LogP contribution in [0.5, 0.6) is 5.75 Å². The average Bonchev–Trinajstić information content (AvgIpc) is 2.55. The molecule has 1 amide bonds. The Hall–Kier alpha value is -2.54. The van der Waals surface area contributed by atoms with E-state index in [1.54, 1.807) is 17.0 Å². The smallest absolute Gasteiger partial charge is 0.257 e. The Bertz CT molecular complexity index is 733. The van der Waals surface area contributed by atoms with Crippen LogP contribution in [0.4, 0.5) is 0 Å². The molecule has 2 aromatic carbocycles. The summed E-state index contributed by atoms with van der Waals surface area (Å²) < 4.78 is 0. The minimum absolute atomic E-state index is 0.0252. The lowest BCUT2D eigenvalue weighted by molar-refractivity contribution is 0.0696. The van der Waals surface area contributed by atoms with Crippen LogP contribution < -0.4 is 0 Å². The zero-order chi connectivity index (χ0) is 14.8. The van der Waals surface area contributed by atoms with E-state index in [-0.39, 0.29) is 17.6 Å². The highest BCUT2D eigenvalue weighted by Crippen LogP contribution is 2.30. The lowest BCUT2D eigenvalue weighted by atomic mass is 9.98. The van der Waals surface area contributed by atoms with Crippen molar-refractivity contribution in [1.29, 1.82) is 5.26 Å². The molecule has 4 nitrogen and oxygen atoms in total. The Labute approximate surface area is 123 Å². The van der Waals surface area contributed by atoms with E-state index in [4.69, 9.17) is 5.26 Å². The molecule has 3 rings (SSSR count). The van der Waals surface area contributed by atoms with Gasteiger partial charge in [-0.25, -0.2) is 0 Å². The van der Waals surface area contributed by atoms with Gasteiger partial charge in [-0.1, -0.05) is 30.3 Å². The van der Waals surface area contributed by atoms with Gasteiger partial charge < -0.3 is 10.0 Å². The fraction of sp³-hybridized carbons (Fsp3) is 0.294. The van der Waals surface area contributed by atoms with Gasteiger partial charge in [0.1, 0.15) is 5.75 Å².